The molecule has 0 radical (unpaired) electrons. The molecule has 11 heavy (non-hydrogen) atoms. The second-order valence-corrected chi connectivity index (χ2v) is 3.03. The Labute approximate surface area is 73.7 Å². The Bertz CT molecular complexity index is 148. The average Bonchev–Trinajstić information content (AvgIpc) is 1.88. The fourth-order valence-electron chi connectivity index (χ4n) is 0.515. The summed E-state index contributed by atoms with van der Waals surface area (Å²) in [5, 5.41) is -3.06. The number of alkyl halides is 4. The Balaban J connectivity index is 4.18. The number of Topliss-reactive ketones (excluding diaryl/α,β-unsaturated/α-hetero) is 1. The van der Waals surface area contributed by atoms with Gasteiger partial charge >= 0.3 is 0 Å². The van der Waals surface area contributed by atoms with Crippen molar-refractivity contribution in [2.45, 2.75) is 30.5 Å². The van der Waals surface area contributed by atoms with E-state index < -0.39 is 16.5 Å². The number of hydrogen-bond acceptors (Lipinski definition) is 1. The number of halogens is 4. The first kappa shape index (κ1) is 11.1. The largest absolute Gasteiger partial charge is 0.294 e. The highest BCUT2D eigenvalue weighted by Crippen LogP contribution is 2.29. The second-order valence-electron chi connectivity index (χ2n) is 2.10. The van der Waals surface area contributed by atoms with E-state index in [1.807, 2.05) is 0 Å². The third-order valence-corrected chi connectivity index (χ3v) is 1.94. The monoisotopic (exact) mass is 204 g/mol. The van der Waals surface area contributed by atoms with Crippen LogP contribution in [0.15, 0.2) is 0 Å². The molecule has 2 atom stereocenters. The van der Waals surface area contributed by atoms with Crippen LogP contribution in [0.3, 0.4) is 0 Å². The van der Waals surface area contributed by atoms with Gasteiger partial charge in [-0.15, -0.1) is 0 Å². The van der Waals surface area contributed by atoms with Crippen molar-refractivity contribution in [3.63, 3.8) is 0 Å². The number of rotatable bonds is 4. The Hall–Kier alpha value is 0.110. The van der Waals surface area contributed by atoms with Crippen LogP contribution >= 0.6 is 23.2 Å². The van der Waals surface area contributed by atoms with Crippen LogP contribution in [0.25, 0.3) is 0 Å². The van der Waals surface area contributed by atoms with E-state index >= 15 is 0 Å². The van der Waals surface area contributed by atoms with Gasteiger partial charge in [-0.1, -0.05) is 30.1 Å². The molecule has 0 N–H and O–H groups in total. The summed E-state index contributed by atoms with van der Waals surface area (Å²) in [6, 6.07) is 0. The van der Waals surface area contributed by atoms with Crippen molar-refractivity contribution in [3.8, 4) is 0 Å². The van der Waals surface area contributed by atoms with Crippen molar-refractivity contribution in [2.75, 3.05) is 0 Å². The van der Waals surface area contributed by atoms with Gasteiger partial charge in [0.25, 0.3) is 5.13 Å². The molecule has 0 rings (SSSR count). The molecule has 5 heteroatoms. The second kappa shape index (κ2) is 4.21. The first-order chi connectivity index (χ1) is 4.92. The van der Waals surface area contributed by atoms with Crippen LogP contribution in [0.1, 0.15) is 19.8 Å². The summed E-state index contributed by atoms with van der Waals surface area (Å²) in [6.07, 6.45) is 0.313. The molecule has 0 heterocycles. The molecule has 0 aliphatic rings. The molecule has 0 aliphatic heterocycles. The summed E-state index contributed by atoms with van der Waals surface area (Å²) in [4.78, 5) is 10.7. The van der Waals surface area contributed by atoms with E-state index in [1.54, 1.807) is 6.92 Å². The van der Waals surface area contributed by atoms with Gasteiger partial charge in [0.15, 0.2) is 5.78 Å². The smallest absolute Gasteiger partial charge is 0.286 e. The maximum absolute atomic E-state index is 12.7. The summed E-state index contributed by atoms with van der Waals surface area (Å²) >= 11 is 9.58. The van der Waals surface area contributed by atoms with Crippen LogP contribution in [0.5, 0.6) is 0 Å². The highest BCUT2D eigenvalue weighted by atomic mass is 35.5. The maximum atomic E-state index is 12.7. The van der Waals surface area contributed by atoms with Crippen molar-refractivity contribution in [2.24, 2.45) is 0 Å². The molecule has 0 bridgehead atoms. The summed E-state index contributed by atoms with van der Waals surface area (Å²) in [7, 11) is 0. The highest BCUT2D eigenvalue weighted by molar-refractivity contribution is 6.39. The molecule has 0 fully saturated rings. The molecule has 0 spiro atoms. The van der Waals surface area contributed by atoms with E-state index in [0.717, 1.165) is 0 Å². The molecule has 0 saturated heterocycles. The predicted octanol–water partition coefficient (Wildman–Crippen LogP) is 2.79. The van der Waals surface area contributed by atoms with Crippen LogP contribution < -0.4 is 0 Å². The van der Waals surface area contributed by atoms with Crippen molar-refractivity contribution in [3.05, 3.63) is 0 Å². The summed E-state index contributed by atoms with van der Waals surface area (Å²) in [5.41, 5.74) is -2.48. The molecule has 0 aromatic heterocycles. The zero-order valence-electron chi connectivity index (χ0n) is 5.91. The molecule has 0 saturated carbocycles. The van der Waals surface area contributed by atoms with Crippen molar-refractivity contribution in [1.82, 2.24) is 0 Å². The van der Waals surface area contributed by atoms with Gasteiger partial charge < -0.3 is 0 Å². The van der Waals surface area contributed by atoms with Gasteiger partial charge in [0, 0.05) is 6.42 Å². The van der Waals surface area contributed by atoms with Crippen LogP contribution in [-0.2, 0) is 4.79 Å². The minimum atomic E-state index is -3.06. The van der Waals surface area contributed by atoms with Gasteiger partial charge in [0.1, 0.15) is 0 Å². The third kappa shape index (κ3) is 2.91. The molecular formula is C6H8Cl2F2O. The van der Waals surface area contributed by atoms with Crippen LogP contribution in [-0.4, -0.2) is 16.5 Å². The lowest BCUT2D eigenvalue weighted by Crippen LogP contribution is -2.34. The quantitative estimate of drug-likeness (QED) is 0.645. The fourth-order valence-corrected chi connectivity index (χ4v) is 0.732. The Morgan fingerprint density at radius 3 is 2.45 bits per heavy atom. The highest BCUT2D eigenvalue weighted by Gasteiger charge is 2.43. The van der Waals surface area contributed by atoms with E-state index in [9.17, 15) is 13.6 Å². The maximum Gasteiger partial charge on any atom is 0.286 e. The van der Waals surface area contributed by atoms with Gasteiger partial charge in [0.2, 0.25) is 5.63 Å². The van der Waals surface area contributed by atoms with Gasteiger partial charge in [-0.3, -0.25) is 4.79 Å². The van der Waals surface area contributed by atoms with E-state index in [0.29, 0.717) is 6.42 Å². The standard InChI is InChI=1S/C6H8Cl2F2O/c1-2-3-4(11)6(8,10)5(7)9/h5H,2-3H2,1H3. The lowest BCUT2D eigenvalue weighted by Gasteiger charge is -2.15. The Morgan fingerprint density at radius 1 is 1.73 bits per heavy atom. The predicted molar refractivity (Wildman–Crippen MR) is 40.4 cm³/mol. The fraction of sp³-hybridized carbons (Fsp3) is 0.833. The van der Waals surface area contributed by atoms with Gasteiger partial charge in [-0.05, 0) is 6.42 Å². The minimum Gasteiger partial charge on any atom is -0.294 e. The van der Waals surface area contributed by atoms with E-state index in [2.05, 4.69) is 0 Å². The topological polar surface area (TPSA) is 17.1 Å². The molecule has 0 aliphatic carbocycles. The first-order valence-electron chi connectivity index (χ1n) is 3.12. The van der Waals surface area contributed by atoms with E-state index in [1.165, 1.54) is 0 Å². The third-order valence-electron chi connectivity index (χ3n) is 1.12. The lowest BCUT2D eigenvalue weighted by molar-refractivity contribution is -0.127. The van der Waals surface area contributed by atoms with E-state index in [-0.39, 0.29) is 6.42 Å². The van der Waals surface area contributed by atoms with Gasteiger partial charge in [-0.25, -0.2) is 8.78 Å². The molecule has 0 aromatic carbocycles. The normalized spacial score (nSPS) is 19.0. The SMILES string of the molecule is CCCC(=O)C(F)(Cl)C(F)Cl. The Kier molecular flexibility index (Phi) is 4.26. The zero-order chi connectivity index (χ0) is 9.07. The average molecular weight is 205 g/mol. The van der Waals surface area contributed by atoms with Crippen LogP contribution in [0, 0.1) is 0 Å². The minimum absolute atomic E-state index is 0.104. The number of hydrogen-bond donors (Lipinski definition) is 0. The Morgan fingerprint density at radius 2 is 2.18 bits per heavy atom. The van der Waals surface area contributed by atoms with Crippen molar-refractivity contribution >= 4 is 29.0 Å². The first-order valence-corrected chi connectivity index (χ1v) is 3.93. The lowest BCUT2D eigenvalue weighted by atomic mass is 10.1. The summed E-state index contributed by atoms with van der Waals surface area (Å²) < 4.78 is 24.8. The molecule has 0 amide bonds. The van der Waals surface area contributed by atoms with Gasteiger partial charge in [0.05, 0.1) is 0 Å². The molecule has 0 aromatic rings. The zero-order valence-corrected chi connectivity index (χ0v) is 7.42. The molecular weight excluding hydrogens is 197 g/mol. The van der Waals surface area contributed by atoms with Crippen LogP contribution in [0.4, 0.5) is 8.78 Å². The van der Waals surface area contributed by atoms with E-state index in [4.69, 9.17) is 23.2 Å². The van der Waals surface area contributed by atoms with Gasteiger partial charge in [-0.2, -0.15) is 0 Å². The number of carbonyl (C=O) groups is 1. The van der Waals surface area contributed by atoms with Crippen molar-refractivity contribution in [1.29, 1.82) is 0 Å². The molecule has 1 nitrogen and oxygen atoms in total. The molecule has 66 valence electrons. The summed E-state index contributed by atoms with van der Waals surface area (Å²) in [5.74, 6) is -1.01. The molecule has 2 unspecified atom stereocenters. The van der Waals surface area contributed by atoms with Crippen molar-refractivity contribution < 1.29 is 13.6 Å². The van der Waals surface area contributed by atoms with Crippen LogP contribution in [0.2, 0.25) is 0 Å². The number of carbonyl (C=O) groups excluding carboxylic acids is 1. The number of ketones is 1. The summed E-state index contributed by atoms with van der Waals surface area (Å²) in [6.45, 7) is 1.66.